The van der Waals surface area contributed by atoms with Gasteiger partial charge in [0.2, 0.25) is 0 Å². The molecule has 0 aromatic carbocycles. The second kappa shape index (κ2) is 8.20. The van der Waals surface area contributed by atoms with Crippen LogP contribution >= 0.6 is 23.2 Å². The molecular weight excluding hydrogens is 437 g/mol. The molecule has 0 bridgehead atoms. The molecule has 7 nitrogen and oxygen atoms in total. The third-order valence-corrected chi connectivity index (χ3v) is 7.02. The number of hydrazone groups is 1. The molecule has 0 saturated heterocycles. The maximum absolute atomic E-state index is 12.2. The molecule has 1 saturated carbocycles. The smallest absolute Gasteiger partial charge is 0.331 e. The van der Waals surface area contributed by atoms with Crippen LogP contribution in [0.3, 0.4) is 0 Å². The minimum absolute atomic E-state index is 0.202. The highest BCUT2D eigenvalue weighted by atomic mass is 35.5. The lowest BCUT2D eigenvalue weighted by atomic mass is 9.83. The van der Waals surface area contributed by atoms with Gasteiger partial charge in [-0.1, -0.05) is 23.2 Å². The summed E-state index contributed by atoms with van der Waals surface area (Å²) in [4.78, 5) is 18.5. The van der Waals surface area contributed by atoms with Crippen molar-refractivity contribution in [2.45, 2.75) is 56.5 Å². The fourth-order valence-electron chi connectivity index (χ4n) is 4.94. The van der Waals surface area contributed by atoms with Crippen molar-refractivity contribution in [3.05, 3.63) is 63.4 Å². The molecule has 1 fully saturated rings. The predicted octanol–water partition coefficient (Wildman–Crippen LogP) is 4.35. The largest absolute Gasteiger partial charge is 0.479 e. The molecule has 0 spiro atoms. The summed E-state index contributed by atoms with van der Waals surface area (Å²) in [6.07, 6.45) is 12.2. The van der Waals surface area contributed by atoms with Crippen LogP contribution in [-0.4, -0.2) is 44.4 Å². The summed E-state index contributed by atoms with van der Waals surface area (Å²) >= 11 is 12.4. The summed E-state index contributed by atoms with van der Waals surface area (Å²) in [5.41, 5.74) is 2.64. The van der Waals surface area contributed by atoms with Gasteiger partial charge in [0.05, 0.1) is 6.04 Å². The van der Waals surface area contributed by atoms with E-state index in [0.717, 1.165) is 53.5 Å². The quantitative estimate of drug-likeness (QED) is 0.698. The molecule has 5 rings (SSSR count). The Labute approximate surface area is 190 Å². The van der Waals surface area contributed by atoms with Gasteiger partial charge in [-0.05, 0) is 62.3 Å². The molecule has 2 aliphatic heterocycles. The summed E-state index contributed by atoms with van der Waals surface area (Å²) in [6, 6.07) is 3.16. The van der Waals surface area contributed by atoms with Crippen molar-refractivity contribution < 1.29 is 9.90 Å². The van der Waals surface area contributed by atoms with Gasteiger partial charge in [-0.25, -0.2) is 9.80 Å². The lowest BCUT2D eigenvalue weighted by Gasteiger charge is -2.35. The van der Waals surface area contributed by atoms with Crippen LogP contribution in [0.15, 0.2) is 57.8 Å². The van der Waals surface area contributed by atoms with Crippen LogP contribution in [0, 0.1) is 0 Å². The average molecular weight is 460 g/mol. The van der Waals surface area contributed by atoms with E-state index in [9.17, 15) is 9.90 Å². The Balaban J connectivity index is 1.34. The Morgan fingerprint density at radius 2 is 2.00 bits per heavy atom. The number of aromatic nitrogens is 1. The van der Waals surface area contributed by atoms with Gasteiger partial charge in [0, 0.05) is 39.8 Å². The monoisotopic (exact) mass is 459 g/mol. The Hall–Kier alpha value is -2.51. The van der Waals surface area contributed by atoms with Crippen molar-refractivity contribution in [1.82, 2.24) is 20.2 Å². The van der Waals surface area contributed by atoms with Gasteiger partial charge < -0.3 is 10.4 Å². The van der Waals surface area contributed by atoms with Crippen molar-refractivity contribution in [1.29, 1.82) is 0 Å². The highest BCUT2D eigenvalue weighted by Crippen LogP contribution is 2.39. The van der Waals surface area contributed by atoms with E-state index in [2.05, 4.69) is 15.4 Å². The van der Waals surface area contributed by atoms with Crippen LogP contribution < -0.4 is 5.32 Å². The number of carbonyl (C=O) groups is 1. The van der Waals surface area contributed by atoms with Crippen molar-refractivity contribution in [3.8, 4) is 0 Å². The van der Waals surface area contributed by atoms with Crippen LogP contribution in [0.2, 0.25) is 5.02 Å². The zero-order chi connectivity index (χ0) is 21.5. The normalized spacial score (nSPS) is 27.7. The summed E-state index contributed by atoms with van der Waals surface area (Å²) in [5, 5.41) is 21.3. The molecule has 1 aromatic rings. The molecule has 2 aliphatic carbocycles. The standard InChI is InChI=1S/C22H23Cl2N5O2/c23-14-3-6-17-19(10-14)26-11-20-28(21(17)22(30)31)12-27-29(20)16-4-1-13(2-5-16)18-9-15(24)7-8-25-18/h7-13,16,21,26H,1-6H2,(H,30,31)/t13-,16-,21?. The summed E-state index contributed by atoms with van der Waals surface area (Å²) in [7, 11) is 0. The first kappa shape index (κ1) is 20.4. The maximum atomic E-state index is 12.2. The number of rotatable bonds is 3. The van der Waals surface area contributed by atoms with E-state index in [1.54, 1.807) is 23.5 Å². The molecule has 0 amide bonds. The molecule has 162 valence electrons. The number of carboxylic acid groups (broad SMARTS) is 1. The third kappa shape index (κ3) is 3.81. The number of halogens is 2. The molecule has 2 N–H and O–H groups in total. The molecule has 1 unspecified atom stereocenters. The summed E-state index contributed by atoms with van der Waals surface area (Å²) < 4.78 is 0. The van der Waals surface area contributed by atoms with Gasteiger partial charge in [-0.15, -0.1) is 0 Å². The van der Waals surface area contributed by atoms with Crippen molar-refractivity contribution >= 4 is 35.5 Å². The van der Waals surface area contributed by atoms with E-state index in [1.807, 2.05) is 23.4 Å². The molecule has 4 aliphatic rings. The van der Waals surface area contributed by atoms with Crippen LogP contribution in [0.4, 0.5) is 0 Å². The van der Waals surface area contributed by atoms with Crippen molar-refractivity contribution in [2.24, 2.45) is 5.10 Å². The summed E-state index contributed by atoms with van der Waals surface area (Å²) in [6.45, 7) is 0. The zero-order valence-electron chi connectivity index (χ0n) is 16.8. The molecule has 9 heteroatoms. The Kier molecular flexibility index (Phi) is 5.40. The number of hydrogen-bond acceptors (Lipinski definition) is 6. The van der Waals surface area contributed by atoms with E-state index in [-0.39, 0.29) is 6.04 Å². The highest BCUT2D eigenvalue weighted by molar-refractivity contribution is 6.30. The van der Waals surface area contributed by atoms with Crippen molar-refractivity contribution in [3.63, 3.8) is 0 Å². The molecule has 3 heterocycles. The third-order valence-electron chi connectivity index (χ3n) is 6.48. The maximum Gasteiger partial charge on any atom is 0.331 e. The summed E-state index contributed by atoms with van der Waals surface area (Å²) in [5.74, 6) is 0.250. The average Bonchev–Trinajstić information content (AvgIpc) is 3.09. The van der Waals surface area contributed by atoms with Crippen molar-refractivity contribution in [2.75, 3.05) is 0 Å². The van der Waals surface area contributed by atoms with Gasteiger partial charge in [0.25, 0.3) is 0 Å². The first-order valence-corrected chi connectivity index (χ1v) is 11.3. The topological polar surface area (TPSA) is 81.1 Å². The highest BCUT2D eigenvalue weighted by Gasteiger charge is 2.41. The minimum Gasteiger partial charge on any atom is -0.479 e. The van der Waals surface area contributed by atoms with Crippen LogP contribution in [-0.2, 0) is 4.79 Å². The zero-order valence-corrected chi connectivity index (χ0v) is 18.4. The lowest BCUT2D eigenvalue weighted by molar-refractivity contribution is -0.140. The van der Waals surface area contributed by atoms with Crippen LogP contribution in [0.1, 0.15) is 50.1 Å². The number of allylic oxidation sites excluding steroid dienone is 2. The number of fused-ring (bicyclic) bond motifs is 1. The number of nitrogens with one attached hydrogen (secondary N) is 1. The van der Waals surface area contributed by atoms with E-state index >= 15 is 0 Å². The second-order valence-corrected chi connectivity index (χ2v) is 9.23. The van der Waals surface area contributed by atoms with Gasteiger partial charge in [-0.2, -0.15) is 5.10 Å². The number of pyridine rings is 1. The number of carboxylic acids is 1. The molecule has 0 radical (unpaired) electrons. The Bertz CT molecular complexity index is 1030. The van der Waals surface area contributed by atoms with Crippen LogP contribution in [0.5, 0.6) is 0 Å². The number of nitrogens with zero attached hydrogens (tertiary/aromatic N) is 4. The van der Waals surface area contributed by atoms with Gasteiger partial charge in [-0.3, -0.25) is 9.88 Å². The van der Waals surface area contributed by atoms with E-state index in [4.69, 9.17) is 23.2 Å². The van der Waals surface area contributed by atoms with E-state index in [0.29, 0.717) is 23.8 Å². The number of aliphatic carboxylic acids is 1. The van der Waals surface area contributed by atoms with Gasteiger partial charge >= 0.3 is 5.97 Å². The minimum atomic E-state index is -0.891. The molecule has 1 atom stereocenters. The van der Waals surface area contributed by atoms with Gasteiger partial charge in [0.1, 0.15) is 12.2 Å². The SMILES string of the molecule is O=C(O)C1C2=C(C=C(Cl)CC2)NC=C2N1C=NN2[C@H]1CC[C@H](c2cc(Cl)ccn2)CC1. The lowest BCUT2D eigenvalue weighted by Crippen LogP contribution is -2.43. The first-order chi connectivity index (χ1) is 15.0. The predicted molar refractivity (Wildman–Crippen MR) is 119 cm³/mol. The van der Waals surface area contributed by atoms with E-state index in [1.165, 1.54) is 0 Å². The van der Waals surface area contributed by atoms with E-state index < -0.39 is 12.0 Å². The van der Waals surface area contributed by atoms with Gasteiger partial charge in [0.15, 0.2) is 6.04 Å². The molecule has 31 heavy (non-hydrogen) atoms. The Morgan fingerprint density at radius 3 is 2.74 bits per heavy atom. The fraction of sp³-hybridized carbons (Fsp3) is 0.409. The number of hydrogen-bond donors (Lipinski definition) is 2. The Morgan fingerprint density at radius 1 is 1.19 bits per heavy atom. The fourth-order valence-corrected chi connectivity index (χ4v) is 5.31. The first-order valence-electron chi connectivity index (χ1n) is 10.5. The van der Waals surface area contributed by atoms with Crippen LogP contribution in [0.25, 0.3) is 0 Å². The second-order valence-electron chi connectivity index (χ2n) is 8.30. The molecule has 1 aromatic heterocycles. The molecular formula is C22H23Cl2N5O2.